The van der Waals surface area contributed by atoms with Gasteiger partial charge in [0.1, 0.15) is 19.0 Å². The summed E-state index contributed by atoms with van der Waals surface area (Å²) in [6, 6.07) is 7.27. The van der Waals surface area contributed by atoms with E-state index in [1.807, 2.05) is 12.1 Å². The highest BCUT2D eigenvalue weighted by Gasteiger charge is 2.03. The van der Waals surface area contributed by atoms with Crippen molar-refractivity contribution in [2.75, 3.05) is 58.6 Å². The van der Waals surface area contributed by atoms with Crippen LogP contribution in [0.1, 0.15) is 96.8 Å². The Bertz CT molecular complexity index is 625. The van der Waals surface area contributed by atoms with E-state index in [-0.39, 0.29) is 5.97 Å². The van der Waals surface area contributed by atoms with Crippen molar-refractivity contribution in [3.8, 4) is 5.75 Å². The molecule has 0 spiro atoms. The monoisotopic (exact) mass is 523 g/mol. The first-order chi connectivity index (χ1) is 18.2. The molecule has 0 saturated heterocycles. The van der Waals surface area contributed by atoms with Crippen LogP contribution < -0.4 is 10.5 Å². The predicted octanol–water partition coefficient (Wildman–Crippen LogP) is 6.72. The minimum Gasteiger partial charge on any atom is -0.491 e. The van der Waals surface area contributed by atoms with Crippen LogP contribution >= 0.6 is 0 Å². The zero-order valence-electron chi connectivity index (χ0n) is 23.4. The minimum absolute atomic E-state index is 0.125. The minimum atomic E-state index is -0.125. The number of benzene rings is 1. The Kier molecular flexibility index (Phi) is 23.2. The molecule has 37 heavy (non-hydrogen) atoms. The van der Waals surface area contributed by atoms with E-state index in [9.17, 15) is 4.79 Å². The molecule has 0 amide bonds. The van der Waals surface area contributed by atoms with Crippen molar-refractivity contribution in [3.05, 3.63) is 24.3 Å². The molecule has 0 saturated carbocycles. The third-order valence-corrected chi connectivity index (χ3v) is 6.10. The highest BCUT2D eigenvalue weighted by Crippen LogP contribution is 2.14. The van der Waals surface area contributed by atoms with Gasteiger partial charge in [-0.05, 0) is 30.7 Å². The maximum Gasteiger partial charge on any atom is 0.305 e. The number of nitrogens with two attached hydrogens (primary N) is 1. The molecule has 0 aliphatic rings. The Hall–Kier alpha value is -1.83. The first kappa shape index (κ1) is 33.2. The first-order valence-electron chi connectivity index (χ1n) is 14.6. The molecule has 0 fully saturated rings. The third kappa shape index (κ3) is 23.0. The standard InChI is InChI=1S/C30H53NO6/c1-2-3-4-5-6-7-8-9-10-11-12-13-14-15-30(32)37-27-25-35-23-21-33-20-22-34-24-26-36-29-18-16-28(31)17-19-29/h16-19H,2-15,20-27,31H2,1H3. The quantitative estimate of drug-likeness (QED) is 0.0777. The number of carbonyl (C=O) groups excluding carboxylic acids is 1. The molecule has 0 bridgehead atoms. The van der Waals surface area contributed by atoms with E-state index in [0.29, 0.717) is 65.0 Å². The molecule has 7 heteroatoms. The largest absolute Gasteiger partial charge is 0.491 e. The summed E-state index contributed by atoms with van der Waals surface area (Å²) in [5.74, 6) is 0.650. The van der Waals surface area contributed by atoms with Gasteiger partial charge in [0.2, 0.25) is 0 Å². The molecule has 0 aliphatic carbocycles. The molecule has 1 rings (SSSR count). The van der Waals surface area contributed by atoms with Crippen LogP contribution in [0.5, 0.6) is 5.75 Å². The average Bonchev–Trinajstić information content (AvgIpc) is 2.90. The van der Waals surface area contributed by atoms with Crippen LogP contribution in [0, 0.1) is 0 Å². The van der Waals surface area contributed by atoms with E-state index in [1.165, 1.54) is 70.6 Å². The van der Waals surface area contributed by atoms with Gasteiger partial charge in [0.25, 0.3) is 0 Å². The molecule has 0 unspecified atom stereocenters. The number of rotatable bonds is 27. The number of hydrogen-bond acceptors (Lipinski definition) is 7. The maximum atomic E-state index is 11.8. The molecule has 0 aliphatic heterocycles. The Morgan fingerprint density at radius 3 is 1.54 bits per heavy atom. The molecule has 1 aromatic rings. The molecule has 2 N–H and O–H groups in total. The van der Waals surface area contributed by atoms with Crippen LogP contribution in [0.4, 0.5) is 5.69 Å². The molecule has 1 aromatic carbocycles. The summed E-state index contributed by atoms with van der Waals surface area (Å²) in [6.07, 6.45) is 17.4. The second-order valence-electron chi connectivity index (χ2n) is 9.47. The SMILES string of the molecule is CCCCCCCCCCCCCCCC(=O)OCCOCCOCCOCCOc1ccc(N)cc1. The van der Waals surface area contributed by atoms with E-state index in [0.717, 1.165) is 18.6 Å². The third-order valence-electron chi connectivity index (χ3n) is 6.10. The van der Waals surface area contributed by atoms with E-state index in [4.69, 9.17) is 29.4 Å². The molecule has 0 atom stereocenters. The summed E-state index contributed by atoms with van der Waals surface area (Å²) >= 11 is 0. The van der Waals surface area contributed by atoms with Gasteiger partial charge >= 0.3 is 5.97 Å². The van der Waals surface area contributed by atoms with Gasteiger partial charge in [-0.1, -0.05) is 84.0 Å². The fraction of sp³-hybridized carbons (Fsp3) is 0.767. The summed E-state index contributed by atoms with van der Waals surface area (Å²) in [5, 5.41) is 0. The van der Waals surface area contributed by atoms with Crippen LogP contribution in [-0.4, -0.2) is 58.8 Å². The number of ether oxygens (including phenoxy) is 5. The maximum absolute atomic E-state index is 11.8. The summed E-state index contributed by atoms with van der Waals surface area (Å²) in [7, 11) is 0. The highest BCUT2D eigenvalue weighted by atomic mass is 16.6. The number of anilines is 1. The van der Waals surface area contributed by atoms with Crippen molar-refractivity contribution in [1.29, 1.82) is 0 Å². The lowest BCUT2D eigenvalue weighted by atomic mass is 10.0. The lowest BCUT2D eigenvalue weighted by Gasteiger charge is -2.09. The highest BCUT2D eigenvalue weighted by molar-refractivity contribution is 5.69. The van der Waals surface area contributed by atoms with Crippen molar-refractivity contribution < 1.29 is 28.5 Å². The molecular weight excluding hydrogens is 470 g/mol. The molecular formula is C30H53NO6. The lowest BCUT2D eigenvalue weighted by molar-refractivity contribution is -0.145. The van der Waals surface area contributed by atoms with Crippen LogP contribution in [0.3, 0.4) is 0 Å². The van der Waals surface area contributed by atoms with Crippen LogP contribution in [0.25, 0.3) is 0 Å². The van der Waals surface area contributed by atoms with Crippen molar-refractivity contribution in [2.45, 2.75) is 96.8 Å². The molecule has 7 nitrogen and oxygen atoms in total. The van der Waals surface area contributed by atoms with Crippen LogP contribution in [-0.2, 0) is 23.7 Å². The number of unbranched alkanes of at least 4 members (excludes halogenated alkanes) is 12. The lowest BCUT2D eigenvalue weighted by Crippen LogP contribution is -2.14. The second kappa shape index (κ2) is 25.8. The molecule has 0 aromatic heterocycles. The van der Waals surface area contributed by atoms with Gasteiger partial charge in [0.05, 0.1) is 39.6 Å². The Balaban J connectivity index is 1.72. The Morgan fingerprint density at radius 1 is 0.595 bits per heavy atom. The zero-order valence-corrected chi connectivity index (χ0v) is 23.4. The fourth-order valence-electron chi connectivity index (χ4n) is 3.90. The van der Waals surface area contributed by atoms with Crippen LogP contribution in [0.2, 0.25) is 0 Å². The number of carbonyl (C=O) groups is 1. The number of nitrogen functional groups attached to an aromatic ring is 1. The van der Waals surface area contributed by atoms with Gasteiger partial charge in [0.15, 0.2) is 0 Å². The van der Waals surface area contributed by atoms with Gasteiger partial charge in [-0.3, -0.25) is 4.79 Å². The van der Waals surface area contributed by atoms with E-state index < -0.39 is 0 Å². The normalized spacial score (nSPS) is 11.1. The Morgan fingerprint density at radius 2 is 1.03 bits per heavy atom. The first-order valence-corrected chi connectivity index (χ1v) is 14.6. The van der Waals surface area contributed by atoms with E-state index in [2.05, 4.69) is 6.92 Å². The fourth-order valence-corrected chi connectivity index (χ4v) is 3.90. The second-order valence-corrected chi connectivity index (χ2v) is 9.47. The number of esters is 1. The van der Waals surface area contributed by atoms with Crippen molar-refractivity contribution in [2.24, 2.45) is 0 Å². The van der Waals surface area contributed by atoms with Gasteiger partial charge in [-0.25, -0.2) is 0 Å². The topological polar surface area (TPSA) is 89.2 Å². The Labute approximate surface area is 225 Å². The van der Waals surface area contributed by atoms with Crippen molar-refractivity contribution in [3.63, 3.8) is 0 Å². The van der Waals surface area contributed by atoms with E-state index >= 15 is 0 Å². The molecule has 0 heterocycles. The van der Waals surface area contributed by atoms with Gasteiger partial charge in [-0.15, -0.1) is 0 Å². The zero-order chi connectivity index (χ0) is 26.7. The summed E-state index contributed by atoms with van der Waals surface area (Å²) in [4.78, 5) is 11.8. The van der Waals surface area contributed by atoms with Crippen LogP contribution in [0.15, 0.2) is 24.3 Å². The van der Waals surface area contributed by atoms with Gasteiger partial charge in [0, 0.05) is 12.1 Å². The molecule has 214 valence electrons. The average molecular weight is 524 g/mol. The van der Waals surface area contributed by atoms with Gasteiger partial charge < -0.3 is 29.4 Å². The summed E-state index contributed by atoms with van der Waals surface area (Å²) in [5.41, 5.74) is 6.35. The van der Waals surface area contributed by atoms with Gasteiger partial charge in [-0.2, -0.15) is 0 Å². The van der Waals surface area contributed by atoms with Crippen molar-refractivity contribution >= 4 is 11.7 Å². The molecule has 0 radical (unpaired) electrons. The van der Waals surface area contributed by atoms with E-state index in [1.54, 1.807) is 12.1 Å². The summed E-state index contributed by atoms with van der Waals surface area (Å²) in [6.45, 7) is 5.89. The number of hydrogen-bond donors (Lipinski definition) is 1. The van der Waals surface area contributed by atoms with Crippen molar-refractivity contribution in [1.82, 2.24) is 0 Å². The predicted molar refractivity (Wildman–Crippen MR) is 150 cm³/mol. The summed E-state index contributed by atoms with van der Waals surface area (Å²) < 4.78 is 27.1. The smallest absolute Gasteiger partial charge is 0.305 e.